The number of hydrogen-bond acceptors (Lipinski definition) is 5. The van der Waals surface area contributed by atoms with Crippen LogP contribution in [-0.4, -0.2) is 37.5 Å². The smallest absolute Gasteiger partial charge is 0.414 e. The summed E-state index contributed by atoms with van der Waals surface area (Å²) >= 11 is 0. The molecule has 1 aliphatic heterocycles. The van der Waals surface area contributed by atoms with E-state index in [0.717, 1.165) is 6.34 Å². The molecule has 1 saturated heterocycles. The number of halogens is 1. The maximum atomic E-state index is 13.9. The summed E-state index contributed by atoms with van der Waals surface area (Å²) in [5, 5.41) is 2.57. The van der Waals surface area contributed by atoms with Crippen molar-refractivity contribution in [1.82, 2.24) is 10.7 Å². The number of benzene rings is 1. The molecule has 1 heterocycles. The minimum atomic E-state index is -0.595. The summed E-state index contributed by atoms with van der Waals surface area (Å²) < 4.78 is 19.0. The Morgan fingerprint density at radius 1 is 1.64 bits per heavy atom. The molecule has 1 fully saturated rings. The van der Waals surface area contributed by atoms with Crippen LogP contribution in [0.5, 0.6) is 0 Å². The third-order valence-corrected chi connectivity index (χ3v) is 2.97. The Morgan fingerprint density at radius 3 is 3.05 bits per heavy atom. The third-order valence-electron chi connectivity index (χ3n) is 2.97. The number of amides is 2. The molecule has 0 aliphatic carbocycles. The van der Waals surface area contributed by atoms with Crippen LogP contribution in [-0.2, 0) is 9.53 Å². The van der Waals surface area contributed by atoms with Crippen LogP contribution in [0.15, 0.2) is 23.2 Å². The molecular weight excluding hydrogens is 293 g/mol. The average Bonchev–Trinajstić information content (AvgIpc) is 2.85. The Kier molecular flexibility index (Phi) is 4.89. The standard InChI is InChI=1S/C13H16FN5O3/c1-8(20)16-5-10-6-19(13(21)22-10)9-2-3-12(11(14)4-9)17-7-18-15/h2-4,7,10H,5-6,15H2,1H3,(H,16,20)(H,17,18). The SMILES string of the molecule is CC(=O)NCC1CN(c2ccc(N=CNN)c(F)c2)C(=O)O1. The van der Waals surface area contributed by atoms with Gasteiger partial charge in [-0.1, -0.05) is 0 Å². The number of hydrogen-bond donors (Lipinski definition) is 3. The molecule has 1 aromatic rings. The second-order valence-corrected chi connectivity index (χ2v) is 4.61. The van der Waals surface area contributed by atoms with Gasteiger partial charge in [0.1, 0.15) is 18.1 Å². The first kappa shape index (κ1) is 15.7. The van der Waals surface area contributed by atoms with Crippen LogP contribution >= 0.6 is 0 Å². The van der Waals surface area contributed by atoms with Crippen LogP contribution in [0, 0.1) is 5.82 Å². The Balaban J connectivity index is 2.08. The maximum absolute atomic E-state index is 13.9. The molecule has 1 aliphatic rings. The van der Waals surface area contributed by atoms with Crippen LogP contribution in [0.4, 0.5) is 20.6 Å². The van der Waals surface area contributed by atoms with Crippen LogP contribution < -0.4 is 21.5 Å². The quantitative estimate of drug-likeness (QED) is 0.316. The molecule has 9 heteroatoms. The van der Waals surface area contributed by atoms with Crippen molar-refractivity contribution in [1.29, 1.82) is 0 Å². The van der Waals surface area contributed by atoms with Gasteiger partial charge in [-0.05, 0) is 18.2 Å². The van der Waals surface area contributed by atoms with Gasteiger partial charge in [-0.2, -0.15) is 0 Å². The van der Waals surface area contributed by atoms with E-state index in [9.17, 15) is 14.0 Å². The topological polar surface area (TPSA) is 109 Å². The van der Waals surface area contributed by atoms with Crippen molar-refractivity contribution in [3.8, 4) is 0 Å². The van der Waals surface area contributed by atoms with Crippen molar-refractivity contribution in [2.75, 3.05) is 18.0 Å². The molecule has 8 nitrogen and oxygen atoms in total. The number of carbonyl (C=O) groups excluding carboxylic acids is 2. The molecule has 22 heavy (non-hydrogen) atoms. The lowest BCUT2D eigenvalue weighted by Gasteiger charge is -2.13. The zero-order valence-electron chi connectivity index (χ0n) is 11.9. The number of hydrazine groups is 1. The Labute approximate surface area is 126 Å². The van der Waals surface area contributed by atoms with Crippen molar-refractivity contribution in [2.24, 2.45) is 10.8 Å². The zero-order valence-corrected chi connectivity index (χ0v) is 11.9. The highest BCUT2D eigenvalue weighted by Gasteiger charge is 2.32. The number of nitrogens with zero attached hydrogens (tertiary/aromatic N) is 2. The summed E-state index contributed by atoms with van der Waals surface area (Å²) in [6.07, 6.45) is 0.0827. The number of nitrogens with two attached hydrogens (primary N) is 1. The molecule has 1 aromatic carbocycles. The van der Waals surface area contributed by atoms with Crippen LogP contribution in [0.25, 0.3) is 0 Å². The van der Waals surface area contributed by atoms with E-state index < -0.39 is 18.0 Å². The first-order valence-corrected chi connectivity index (χ1v) is 6.52. The number of anilines is 1. The molecule has 0 saturated carbocycles. The number of aliphatic imine (C=N–C) groups is 1. The predicted molar refractivity (Wildman–Crippen MR) is 78.2 cm³/mol. The zero-order chi connectivity index (χ0) is 16.1. The van der Waals surface area contributed by atoms with Crippen LogP contribution in [0.2, 0.25) is 0 Å². The largest absolute Gasteiger partial charge is 0.442 e. The summed E-state index contributed by atoms with van der Waals surface area (Å²) in [7, 11) is 0. The van der Waals surface area contributed by atoms with Crippen molar-refractivity contribution in [3.05, 3.63) is 24.0 Å². The molecule has 0 aromatic heterocycles. The van der Waals surface area contributed by atoms with Gasteiger partial charge in [0.2, 0.25) is 5.91 Å². The Hall–Kier alpha value is -2.68. The van der Waals surface area contributed by atoms with Gasteiger partial charge < -0.3 is 15.5 Å². The Morgan fingerprint density at radius 2 is 2.41 bits per heavy atom. The predicted octanol–water partition coefficient (Wildman–Crippen LogP) is 0.410. The number of carbonyl (C=O) groups is 2. The molecular formula is C13H16FN5O3. The molecule has 1 atom stereocenters. The highest BCUT2D eigenvalue weighted by Crippen LogP contribution is 2.27. The van der Waals surface area contributed by atoms with E-state index in [1.54, 1.807) is 6.07 Å². The minimum Gasteiger partial charge on any atom is -0.442 e. The molecule has 0 spiro atoms. The highest BCUT2D eigenvalue weighted by atomic mass is 19.1. The fourth-order valence-corrected chi connectivity index (χ4v) is 1.97. The molecule has 1 unspecified atom stereocenters. The van der Waals surface area contributed by atoms with E-state index in [1.165, 1.54) is 24.0 Å². The van der Waals surface area contributed by atoms with E-state index in [4.69, 9.17) is 10.6 Å². The monoisotopic (exact) mass is 309 g/mol. The van der Waals surface area contributed by atoms with E-state index in [1.807, 2.05) is 0 Å². The summed E-state index contributed by atoms with van der Waals surface area (Å²) in [6.45, 7) is 1.81. The normalized spacial score (nSPS) is 17.7. The van der Waals surface area contributed by atoms with Gasteiger partial charge in [0.05, 0.1) is 18.8 Å². The van der Waals surface area contributed by atoms with Gasteiger partial charge in [0.15, 0.2) is 5.82 Å². The molecule has 2 rings (SSSR count). The first-order valence-electron chi connectivity index (χ1n) is 6.52. The Bertz CT molecular complexity index is 607. The minimum absolute atomic E-state index is 0.0871. The van der Waals surface area contributed by atoms with E-state index in [-0.39, 0.29) is 24.7 Å². The summed E-state index contributed by atoms with van der Waals surface area (Å²) in [4.78, 5) is 27.7. The molecule has 0 radical (unpaired) electrons. The third kappa shape index (κ3) is 3.70. The van der Waals surface area contributed by atoms with E-state index >= 15 is 0 Å². The van der Waals surface area contributed by atoms with Gasteiger partial charge in [-0.3, -0.25) is 9.69 Å². The number of cyclic esters (lactones) is 1. The van der Waals surface area contributed by atoms with Gasteiger partial charge in [-0.25, -0.2) is 20.0 Å². The van der Waals surface area contributed by atoms with E-state index in [2.05, 4.69) is 15.7 Å². The van der Waals surface area contributed by atoms with Crippen LogP contribution in [0.3, 0.4) is 0 Å². The average molecular weight is 309 g/mol. The summed E-state index contributed by atoms with van der Waals surface area (Å²) in [6, 6.07) is 4.16. The molecule has 0 bridgehead atoms. The van der Waals surface area contributed by atoms with Crippen molar-refractivity contribution in [2.45, 2.75) is 13.0 Å². The molecule has 118 valence electrons. The second kappa shape index (κ2) is 6.85. The van der Waals surface area contributed by atoms with Crippen LogP contribution in [0.1, 0.15) is 6.92 Å². The summed E-state index contributed by atoms with van der Waals surface area (Å²) in [5.74, 6) is 4.21. The molecule has 4 N–H and O–H groups in total. The van der Waals surface area contributed by atoms with Gasteiger partial charge >= 0.3 is 6.09 Å². The number of ether oxygens (including phenoxy) is 1. The van der Waals surface area contributed by atoms with E-state index in [0.29, 0.717) is 5.69 Å². The fraction of sp³-hybridized carbons (Fsp3) is 0.308. The maximum Gasteiger partial charge on any atom is 0.414 e. The fourth-order valence-electron chi connectivity index (χ4n) is 1.97. The van der Waals surface area contributed by atoms with Crippen molar-refractivity contribution in [3.63, 3.8) is 0 Å². The first-order chi connectivity index (χ1) is 10.5. The molecule has 2 amide bonds. The summed E-state index contributed by atoms with van der Waals surface area (Å²) in [5.41, 5.74) is 2.61. The lowest BCUT2D eigenvalue weighted by molar-refractivity contribution is -0.119. The van der Waals surface area contributed by atoms with Crippen molar-refractivity contribution < 1.29 is 18.7 Å². The second-order valence-electron chi connectivity index (χ2n) is 4.61. The van der Waals surface area contributed by atoms with Gasteiger partial charge in [-0.15, -0.1) is 0 Å². The number of rotatable bonds is 5. The lowest BCUT2D eigenvalue weighted by atomic mass is 10.2. The number of nitrogens with one attached hydrogen (secondary N) is 2. The lowest BCUT2D eigenvalue weighted by Crippen LogP contribution is -2.33. The van der Waals surface area contributed by atoms with Gasteiger partial charge in [0, 0.05) is 6.92 Å². The van der Waals surface area contributed by atoms with Crippen molar-refractivity contribution >= 4 is 29.7 Å². The highest BCUT2D eigenvalue weighted by molar-refractivity contribution is 5.90. The van der Waals surface area contributed by atoms with Gasteiger partial charge in [0.25, 0.3) is 0 Å².